The number of rotatable bonds is 6. The van der Waals surface area contributed by atoms with E-state index in [2.05, 4.69) is 15.6 Å². The van der Waals surface area contributed by atoms with Crippen molar-refractivity contribution in [3.63, 3.8) is 0 Å². The van der Waals surface area contributed by atoms with Crippen LogP contribution in [0.5, 0.6) is 0 Å². The number of nitrogens with one attached hydrogen (secondary N) is 2. The molecule has 0 radical (unpaired) electrons. The molecule has 0 unspecified atom stereocenters. The monoisotopic (exact) mass is 366 g/mol. The molecular weight excluding hydrogens is 347 g/mol. The second-order valence-electron chi connectivity index (χ2n) is 6.01. The Hall–Kier alpha value is -3.48. The highest BCUT2D eigenvalue weighted by Crippen LogP contribution is 2.15. The number of hydrogen-bond donors (Lipinski definition) is 2. The summed E-state index contributed by atoms with van der Waals surface area (Å²) >= 11 is 0. The largest absolute Gasteiger partial charge is 0.348 e. The quantitative estimate of drug-likeness (QED) is 0.704. The van der Waals surface area contributed by atoms with E-state index in [-0.39, 0.29) is 24.1 Å². The minimum atomic E-state index is -0.624. The van der Waals surface area contributed by atoms with Gasteiger partial charge in [-0.1, -0.05) is 24.3 Å². The number of benzene rings is 2. The minimum Gasteiger partial charge on any atom is -0.348 e. The van der Waals surface area contributed by atoms with Crippen LogP contribution in [0.4, 0.5) is 4.39 Å². The highest BCUT2D eigenvalue weighted by Gasteiger charge is 2.14. The molecule has 3 aromatic rings. The lowest BCUT2D eigenvalue weighted by Crippen LogP contribution is -2.38. The molecule has 0 saturated heterocycles. The number of hydrogen-bond acceptors (Lipinski definition) is 3. The molecule has 1 atom stereocenters. The number of nitrogens with zero attached hydrogens (tertiary/aromatic N) is 2. The summed E-state index contributed by atoms with van der Waals surface area (Å²) in [5.41, 5.74) is 1.80. The van der Waals surface area contributed by atoms with Gasteiger partial charge in [-0.15, -0.1) is 0 Å². The molecule has 3 rings (SSSR count). The Morgan fingerprint density at radius 2 is 1.89 bits per heavy atom. The third kappa shape index (κ3) is 4.58. The summed E-state index contributed by atoms with van der Waals surface area (Å²) in [6.07, 6.45) is 5.25. The van der Waals surface area contributed by atoms with Gasteiger partial charge >= 0.3 is 0 Å². The van der Waals surface area contributed by atoms with Crippen LogP contribution in [0, 0.1) is 5.82 Å². The third-order valence-electron chi connectivity index (χ3n) is 4.10. The molecule has 138 valence electrons. The SMILES string of the molecule is C[C@H](NC(=O)CNC(=O)c1ccccc1F)c1ccc(-n2ccnc2)cc1. The number of amides is 2. The zero-order valence-electron chi connectivity index (χ0n) is 14.7. The fourth-order valence-electron chi connectivity index (χ4n) is 2.62. The second-order valence-corrected chi connectivity index (χ2v) is 6.01. The zero-order chi connectivity index (χ0) is 19.2. The molecular formula is C20H19FN4O2. The van der Waals surface area contributed by atoms with E-state index in [0.717, 1.165) is 11.3 Å². The van der Waals surface area contributed by atoms with E-state index >= 15 is 0 Å². The van der Waals surface area contributed by atoms with E-state index in [1.807, 2.05) is 42.0 Å². The van der Waals surface area contributed by atoms with Crippen molar-refractivity contribution < 1.29 is 14.0 Å². The van der Waals surface area contributed by atoms with Gasteiger partial charge in [0.05, 0.1) is 24.5 Å². The van der Waals surface area contributed by atoms with Gasteiger partial charge in [0.15, 0.2) is 0 Å². The summed E-state index contributed by atoms with van der Waals surface area (Å²) in [4.78, 5) is 28.0. The van der Waals surface area contributed by atoms with Crippen LogP contribution >= 0.6 is 0 Å². The normalized spacial score (nSPS) is 11.6. The van der Waals surface area contributed by atoms with Crippen molar-refractivity contribution in [2.75, 3.05) is 6.54 Å². The van der Waals surface area contributed by atoms with Crippen molar-refractivity contribution in [3.8, 4) is 5.69 Å². The first-order valence-electron chi connectivity index (χ1n) is 8.45. The Morgan fingerprint density at radius 1 is 1.15 bits per heavy atom. The summed E-state index contributed by atoms with van der Waals surface area (Å²) in [5.74, 6) is -1.60. The van der Waals surface area contributed by atoms with Crippen molar-refractivity contribution in [1.82, 2.24) is 20.2 Å². The molecule has 0 aliphatic rings. The van der Waals surface area contributed by atoms with Gasteiger partial charge in [-0.25, -0.2) is 9.37 Å². The fourth-order valence-corrected chi connectivity index (χ4v) is 2.62. The fraction of sp³-hybridized carbons (Fsp3) is 0.150. The van der Waals surface area contributed by atoms with Crippen molar-refractivity contribution in [3.05, 3.63) is 84.2 Å². The van der Waals surface area contributed by atoms with Crippen LogP contribution in [-0.2, 0) is 4.79 Å². The van der Waals surface area contributed by atoms with Crippen molar-refractivity contribution in [2.45, 2.75) is 13.0 Å². The average molecular weight is 366 g/mol. The van der Waals surface area contributed by atoms with Crippen LogP contribution in [0.1, 0.15) is 28.9 Å². The van der Waals surface area contributed by atoms with Gasteiger partial charge in [0.25, 0.3) is 5.91 Å². The van der Waals surface area contributed by atoms with Crippen LogP contribution in [0.15, 0.2) is 67.3 Å². The van der Waals surface area contributed by atoms with Gasteiger partial charge in [0.1, 0.15) is 5.82 Å². The average Bonchev–Trinajstić information content (AvgIpc) is 3.21. The highest BCUT2D eigenvalue weighted by molar-refractivity contribution is 5.96. The van der Waals surface area contributed by atoms with Gasteiger partial charge < -0.3 is 15.2 Å². The predicted octanol–water partition coefficient (Wildman–Crippen LogP) is 2.62. The Balaban J connectivity index is 1.53. The van der Waals surface area contributed by atoms with Gasteiger partial charge in [-0.3, -0.25) is 9.59 Å². The van der Waals surface area contributed by atoms with E-state index in [1.165, 1.54) is 18.2 Å². The van der Waals surface area contributed by atoms with Crippen LogP contribution in [0.3, 0.4) is 0 Å². The van der Waals surface area contributed by atoms with Crippen LogP contribution in [-0.4, -0.2) is 27.9 Å². The lowest BCUT2D eigenvalue weighted by molar-refractivity contribution is -0.120. The molecule has 2 amide bonds. The summed E-state index contributed by atoms with van der Waals surface area (Å²) in [6, 6.07) is 13.1. The topological polar surface area (TPSA) is 76.0 Å². The van der Waals surface area contributed by atoms with Crippen molar-refractivity contribution in [2.24, 2.45) is 0 Å². The summed E-state index contributed by atoms with van der Waals surface area (Å²) in [7, 11) is 0. The van der Waals surface area contributed by atoms with E-state index in [1.54, 1.807) is 18.6 Å². The first-order chi connectivity index (χ1) is 13.0. The Labute approximate surface area is 156 Å². The second kappa shape index (κ2) is 8.27. The Kier molecular flexibility index (Phi) is 5.61. The van der Waals surface area contributed by atoms with E-state index < -0.39 is 11.7 Å². The van der Waals surface area contributed by atoms with E-state index in [0.29, 0.717) is 0 Å². The molecule has 7 heteroatoms. The first-order valence-corrected chi connectivity index (χ1v) is 8.45. The predicted molar refractivity (Wildman–Crippen MR) is 98.9 cm³/mol. The number of carbonyl (C=O) groups is 2. The lowest BCUT2D eigenvalue weighted by Gasteiger charge is -2.15. The molecule has 1 aromatic heterocycles. The third-order valence-corrected chi connectivity index (χ3v) is 4.10. The molecule has 0 aliphatic carbocycles. The Morgan fingerprint density at radius 3 is 2.56 bits per heavy atom. The first kappa shape index (κ1) is 18.3. The molecule has 1 heterocycles. The standard InChI is InChI=1S/C20H19FN4O2/c1-14(15-6-8-16(9-7-15)25-11-10-22-13-25)24-19(26)12-23-20(27)17-4-2-3-5-18(17)21/h2-11,13-14H,12H2,1H3,(H,23,27)(H,24,26)/t14-/m0/s1. The van der Waals surface area contributed by atoms with E-state index in [9.17, 15) is 14.0 Å². The van der Waals surface area contributed by atoms with Crippen LogP contribution < -0.4 is 10.6 Å². The van der Waals surface area contributed by atoms with Gasteiger partial charge in [0, 0.05) is 18.1 Å². The van der Waals surface area contributed by atoms with Crippen LogP contribution in [0.2, 0.25) is 0 Å². The summed E-state index contributed by atoms with van der Waals surface area (Å²) in [6.45, 7) is 1.62. The van der Waals surface area contributed by atoms with Crippen molar-refractivity contribution >= 4 is 11.8 Å². The number of imidazole rings is 1. The minimum absolute atomic E-state index is 0.0894. The molecule has 2 N–H and O–H groups in total. The summed E-state index contributed by atoms with van der Waals surface area (Å²) < 4.78 is 15.4. The maximum atomic E-state index is 13.6. The molecule has 0 fully saturated rings. The number of carbonyl (C=O) groups excluding carboxylic acids is 2. The lowest BCUT2D eigenvalue weighted by atomic mass is 10.1. The smallest absolute Gasteiger partial charge is 0.254 e. The van der Waals surface area contributed by atoms with Gasteiger partial charge in [0.2, 0.25) is 5.91 Å². The van der Waals surface area contributed by atoms with Crippen LogP contribution in [0.25, 0.3) is 5.69 Å². The highest BCUT2D eigenvalue weighted by atomic mass is 19.1. The zero-order valence-corrected chi connectivity index (χ0v) is 14.7. The van der Waals surface area contributed by atoms with E-state index in [4.69, 9.17) is 0 Å². The molecule has 0 aliphatic heterocycles. The molecule has 0 bridgehead atoms. The molecule has 0 spiro atoms. The van der Waals surface area contributed by atoms with Crippen molar-refractivity contribution in [1.29, 1.82) is 0 Å². The maximum absolute atomic E-state index is 13.6. The van der Waals surface area contributed by atoms with Gasteiger partial charge in [-0.05, 0) is 36.8 Å². The molecule has 2 aromatic carbocycles. The molecule has 27 heavy (non-hydrogen) atoms. The summed E-state index contributed by atoms with van der Waals surface area (Å²) in [5, 5.41) is 5.23. The molecule has 0 saturated carbocycles. The maximum Gasteiger partial charge on any atom is 0.254 e. The Bertz CT molecular complexity index is 923. The number of halogens is 1. The molecule has 6 nitrogen and oxygen atoms in total. The van der Waals surface area contributed by atoms with Gasteiger partial charge in [-0.2, -0.15) is 0 Å². The number of aromatic nitrogens is 2.